The first-order chi connectivity index (χ1) is 10.6. The van der Waals surface area contributed by atoms with Crippen molar-refractivity contribution in [1.29, 1.82) is 0 Å². The van der Waals surface area contributed by atoms with Gasteiger partial charge in [0.25, 0.3) is 5.91 Å². The van der Waals surface area contributed by atoms with Crippen LogP contribution in [0.15, 0.2) is 18.2 Å². The molecule has 2 rings (SSSR count). The number of rotatable bonds is 4. The molecule has 0 fully saturated rings. The molecule has 0 aliphatic carbocycles. The molecule has 0 saturated carbocycles. The van der Waals surface area contributed by atoms with Crippen molar-refractivity contribution < 1.29 is 19.4 Å². The molecule has 1 amide bonds. The maximum Gasteiger partial charge on any atom is 0.329 e. The van der Waals surface area contributed by atoms with Gasteiger partial charge in [0.05, 0.1) is 5.69 Å². The Bertz CT molecular complexity index is 634. The first kappa shape index (κ1) is 17.3. The van der Waals surface area contributed by atoms with Crippen molar-refractivity contribution >= 4 is 17.6 Å². The SMILES string of the molecule is CC(C)c1ccc2c(c1)N(C(C)(C)C(=O)O)C(=O)C(C(C)C)O2. The van der Waals surface area contributed by atoms with Crippen molar-refractivity contribution in [3.8, 4) is 5.75 Å². The zero-order valence-electron chi connectivity index (χ0n) is 14.6. The van der Waals surface area contributed by atoms with Gasteiger partial charge < -0.3 is 9.84 Å². The smallest absolute Gasteiger partial charge is 0.329 e. The van der Waals surface area contributed by atoms with E-state index in [1.165, 1.54) is 4.90 Å². The molecule has 1 aliphatic heterocycles. The van der Waals surface area contributed by atoms with E-state index in [0.717, 1.165) is 5.56 Å². The van der Waals surface area contributed by atoms with Crippen LogP contribution in [0.25, 0.3) is 0 Å². The number of carboxylic acid groups (broad SMARTS) is 1. The van der Waals surface area contributed by atoms with E-state index in [0.29, 0.717) is 11.4 Å². The largest absolute Gasteiger partial charge is 0.480 e. The lowest BCUT2D eigenvalue weighted by molar-refractivity contribution is -0.145. The standard InChI is InChI=1S/C18H25NO4/c1-10(2)12-7-8-14-13(9-12)19(18(5,6)17(21)22)16(20)15(23-14)11(3)4/h7-11,15H,1-6H3,(H,21,22). The molecule has 0 aromatic heterocycles. The zero-order valence-corrected chi connectivity index (χ0v) is 14.6. The minimum Gasteiger partial charge on any atom is -0.480 e. The summed E-state index contributed by atoms with van der Waals surface area (Å²) >= 11 is 0. The number of carboxylic acids is 1. The first-order valence-electron chi connectivity index (χ1n) is 7.95. The van der Waals surface area contributed by atoms with E-state index in [-0.39, 0.29) is 17.7 Å². The fourth-order valence-corrected chi connectivity index (χ4v) is 2.69. The monoisotopic (exact) mass is 319 g/mol. The summed E-state index contributed by atoms with van der Waals surface area (Å²) in [5.41, 5.74) is 0.220. The quantitative estimate of drug-likeness (QED) is 0.923. The number of aliphatic carboxylic acids is 1. The maximum absolute atomic E-state index is 12.9. The third-order valence-corrected chi connectivity index (χ3v) is 4.30. The number of carbonyl (C=O) groups excluding carboxylic acids is 1. The van der Waals surface area contributed by atoms with Crippen molar-refractivity contribution in [2.45, 2.75) is 59.1 Å². The van der Waals surface area contributed by atoms with E-state index in [9.17, 15) is 14.7 Å². The third-order valence-electron chi connectivity index (χ3n) is 4.30. The number of benzene rings is 1. The van der Waals surface area contributed by atoms with Crippen LogP contribution in [0, 0.1) is 5.92 Å². The highest BCUT2D eigenvalue weighted by Gasteiger charge is 2.47. The second kappa shape index (κ2) is 5.87. The summed E-state index contributed by atoms with van der Waals surface area (Å²) in [7, 11) is 0. The average molecular weight is 319 g/mol. The lowest BCUT2D eigenvalue weighted by Gasteiger charge is -2.42. The van der Waals surface area contributed by atoms with Gasteiger partial charge in [0.1, 0.15) is 11.3 Å². The molecule has 126 valence electrons. The molecule has 23 heavy (non-hydrogen) atoms. The Kier molecular flexibility index (Phi) is 4.42. The Morgan fingerprint density at radius 3 is 2.35 bits per heavy atom. The lowest BCUT2D eigenvalue weighted by Crippen LogP contribution is -2.60. The van der Waals surface area contributed by atoms with Gasteiger partial charge in [0.2, 0.25) is 0 Å². The van der Waals surface area contributed by atoms with E-state index < -0.39 is 17.6 Å². The number of anilines is 1. The molecule has 5 heteroatoms. The van der Waals surface area contributed by atoms with Crippen molar-refractivity contribution in [3.63, 3.8) is 0 Å². The molecule has 1 aromatic carbocycles. The van der Waals surface area contributed by atoms with Gasteiger partial charge in [-0.05, 0) is 43.4 Å². The van der Waals surface area contributed by atoms with Crippen LogP contribution in [-0.2, 0) is 9.59 Å². The van der Waals surface area contributed by atoms with Crippen LogP contribution >= 0.6 is 0 Å². The molecular weight excluding hydrogens is 294 g/mol. The minimum absolute atomic E-state index is 0.0486. The van der Waals surface area contributed by atoms with Gasteiger partial charge in [-0.25, -0.2) is 4.79 Å². The number of amides is 1. The normalized spacial score (nSPS) is 18.2. The number of nitrogens with zero attached hydrogens (tertiary/aromatic N) is 1. The fourth-order valence-electron chi connectivity index (χ4n) is 2.69. The van der Waals surface area contributed by atoms with Crippen molar-refractivity contribution in [2.24, 2.45) is 5.92 Å². The van der Waals surface area contributed by atoms with Crippen LogP contribution in [0.4, 0.5) is 5.69 Å². The highest BCUT2D eigenvalue weighted by molar-refractivity contribution is 6.06. The Hall–Kier alpha value is -2.04. The van der Waals surface area contributed by atoms with Gasteiger partial charge in [-0.2, -0.15) is 0 Å². The summed E-state index contributed by atoms with van der Waals surface area (Å²) in [5, 5.41) is 9.61. The van der Waals surface area contributed by atoms with Crippen LogP contribution in [0.2, 0.25) is 0 Å². The molecule has 0 saturated heterocycles. The molecule has 1 atom stereocenters. The second-order valence-corrected chi connectivity index (χ2v) is 7.20. The molecule has 0 radical (unpaired) electrons. The van der Waals surface area contributed by atoms with Crippen LogP contribution in [0.1, 0.15) is 53.0 Å². The van der Waals surface area contributed by atoms with Crippen molar-refractivity contribution in [1.82, 2.24) is 0 Å². The summed E-state index contributed by atoms with van der Waals surface area (Å²) in [4.78, 5) is 26.0. The highest BCUT2D eigenvalue weighted by atomic mass is 16.5. The second-order valence-electron chi connectivity index (χ2n) is 7.20. The number of ether oxygens (including phenoxy) is 1. The van der Waals surface area contributed by atoms with E-state index in [1.54, 1.807) is 13.8 Å². The number of carbonyl (C=O) groups is 2. The van der Waals surface area contributed by atoms with Gasteiger partial charge in [0, 0.05) is 0 Å². The number of fused-ring (bicyclic) bond motifs is 1. The van der Waals surface area contributed by atoms with E-state index >= 15 is 0 Å². The molecule has 1 heterocycles. The average Bonchev–Trinajstić information content (AvgIpc) is 2.44. The molecular formula is C18H25NO4. The van der Waals surface area contributed by atoms with E-state index in [4.69, 9.17) is 4.74 Å². The van der Waals surface area contributed by atoms with Crippen molar-refractivity contribution in [3.05, 3.63) is 23.8 Å². The molecule has 1 aromatic rings. The summed E-state index contributed by atoms with van der Waals surface area (Å²) in [6.07, 6.45) is -0.675. The molecule has 1 N–H and O–H groups in total. The first-order valence-corrected chi connectivity index (χ1v) is 7.95. The Morgan fingerprint density at radius 1 is 1.26 bits per heavy atom. The molecule has 1 aliphatic rings. The van der Waals surface area contributed by atoms with Crippen molar-refractivity contribution in [2.75, 3.05) is 4.90 Å². The van der Waals surface area contributed by atoms with Crippen LogP contribution in [-0.4, -0.2) is 28.6 Å². The summed E-state index contributed by atoms with van der Waals surface area (Å²) in [5.74, 6) is -0.570. The van der Waals surface area contributed by atoms with Crippen LogP contribution in [0.5, 0.6) is 5.75 Å². The highest BCUT2D eigenvalue weighted by Crippen LogP contribution is 2.41. The predicted molar refractivity (Wildman–Crippen MR) is 89.0 cm³/mol. The molecule has 0 spiro atoms. The minimum atomic E-state index is -1.35. The summed E-state index contributed by atoms with van der Waals surface area (Å²) < 4.78 is 5.86. The molecule has 1 unspecified atom stereocenters. The third kappa shape index (κ3) is 2.92. The lowest BCUT2D eigenvalue weighted by atomic mass is 9.94. The topological polar surface area (TPSA) is 66.8 Å². The Labute approximate surface area is 137 Å². The van der Waals surface area contributed by atoms with Gasteiger partial charge in [-0.3, -0.25) is 9.69 Å². The number of hydrogen-bond acceptors (Lipinski definition) is 3. The van der Waals surface area contributed by atoms with Gasteiger partial charge in [-0.1, -0.05) is 33.8 Å². The maximum atomic E-state index is 12.9. The zero-order chi connectivity index (χ0) is 17.5. The Morgan fingerprint density at radius 2 is 1.87 bits per heavy atom. The summed E-state index contributed by atoms with van der Waals surface area (Å²) in [6.45, 7) is 11.0. The van der Waals surface area contributed by atoms with E-state index in [2.05, 4.69) is 13.8 Å². The van der Waals surface area contributed by atoms with Crippen LogP contribution < -0.4 is 9.64 Å². The van der Waals surface area contributed by atoms with E-state index in [1.807, 2.05) is 32.0 Å². The van der Waals surface area contributed by atoms with Gasteiger partial charge in [-0.15, -0.1) is 0 Å². The summed E-state index contributed by atoms with van der Waals surface area (Å²) in [6, 6.07) is 5.65. The molecule has 5 nitrogen and oxygen atoms in total. The van der Waals surface area contributed by atoms with Gasteiger partial charge in [0.15, 0.2) is 6.10 Å². The number of hydrogen-bond donors (Lipinski definition) is 1. The predicted octanol–water partition coefficient (Wildman–Crippen LogP) is 3.42. The van der Waals surface area contributed by atoms with Crippen LogP contribution in [0.3, 0.4) is 0 Å². The fraction of sp³-hybridized carbons (Fsp3) is 0.556. The Balaban J connectivity index is 2.65. The molecule has 0 bridgehead atoms. The van der Waals surface area contributed by atoms with Gasteiger partial charge >= 0.3 is 5.97 Å².